The van der Waals surface area contributed by atoms with E-state index in [1.165, 1.54) is 11.1 Å². The first-order valence-electron chi connectivity index (χ1n) is 5.26. The Morgan fingerprint density at radius 2 is 2.20 bits per heavy atom. The van der Waals surface area contributed by atoms with Gasteiger partial charge in [0.05, 0.1) is 6.61 Å². The van der Waals surface area contributed by atoms with Gasteiger partial charge in [0.1, 0.15) is 0 Å². The van der Waals surface area contributed by atoms with Crippen molar-refractivity contribution >= 4 is 15.9 Å². The molecule has 0 amide bonds. The minimum absolute atomic E-state index is 0.200. The number of aliphatic hydroxyl groups is 1. The molecule has 2 nitrogen and oxygen atoms in total. The van der Waals surface area contributed by atoms with E-state index in [0.29, 0.717) is 0 Å². The van der Waals surface area contributed by atoms with Crippen LogP contribution in [0.4, 0.5) is 0 Å². The highest BCUT2D eigenvalue weighted by Crippen LogP contribution is 2.17. The molecule has 84 valence electrons. The SMILES string of the molecule is CCC(CO)NCc1ccc(Br)c(C)c1. The third-order valence-electron chi connectivity index (χ3n) is 2.53. The van der Waals surface area contributed by atoms with Gasteiger partial charge in [-0.2, -0.15) is 0 Å². The average Bonchev–Trinajstić information content (AvgIpc) is 2.24. The zero-order chi connectivity index (χ0) is 11.3. The highest BCUT2D eigenvalue weighted by atomic mass is 79.9. The third kappa shape index (κ3) is 3.93. The zero-order valence-corrected chi connectivity index (χ0v) is 10.8. The summed E-state index contributed by atoms with van der Waals surface area (Å²) in [6.07, 6.45) is 0.950. The Bertz CT molecular complexity index is 310. The van der Waals surface area contributed by atoms with Crippen LogP contribution in [0, 0.1) is 6.92 Å². The number of hydrogen-bond acceptors (Lipinski definition) is 2. The van der Waals surface area contributed by atoms with E-state index < -0.39 is 0 Å². The van der Waals surface area contributed by atoms with Crippen LogP contribution in [0.5, 0.6) is 0 Å². The van der Waals surface area contributed by atoms with Crippen LogP contribution < -0.4 is 5.32 Å². The molecule has 1 rings (SSSR count). The molecule has 15 heavy (non-hydrogen) atoms. The number of aryl methyl sites for hydroxylation is 1. The van der Waals surface area contributed by atoms with Crippen molar-refractivity contribution < 1.29 is 5.11 Å². The molecule has 1 atom stereocenters. The Kier molecular flexibility index (Phi) is 5.29. The summed E-state index contributed by atoms with van der Waals surface area (Å²) in [5, 5.41) is 12.3. The fourth-order valence-electron chi connectivity index (χ4n) is 1.42. The molecular formula is C12H18BrNO. The van der Waals surface area contributed by atoms with Crippen molar-refractivity contribution in [3.63, 3.8) is 0 Å². The highest BCUT2D eigenvalue weighted by Gasteiger charge is 2.03. The second-order valence-electron chi connectivity index (χ2n) is 3.75. The summed E-state index contributed by atoms with van der Waals surface area (Å²) in [6, 6.07) is 6.51. The highest BCUT2D eigenvalue weighted by molar-refractivity contribution is 9.10. The number of rotatable bonds is 5. The average molecular weight is 272 g/mol. The molecule has 3 heteroatoms. The van der Waals surface area contributed by atoms with Crippen LogP contribution in [-0.4, -0.2) is 17.8 Å². The Balaban J connectivity index is 2.54. The second-order valence-corrected chi connectivity index (χ2v) is 4.61. The van der Waals surface area contributed by atoms with Gasteiger partial charge in [0, 0.05) is 17.1 Å². The molecule has 2 N–H and O–H groups in total. The van der Waals surface area contributed by atoms with Crippen molar-refractivity contribution in [1.82, 2.24) is 5.32 Å². The van der Waals surface area contributed by atoms with Crippen LogP contribution in [0.25, 0.3) is 0 Å². The molecule has 1 unspecified atom stereocenters. The van der Waals surface area contributed by atoms with E-state index >= 15 is 0 Å². The Morgan fingerprint density at radius 1 is 1.47 bits per heavy atom. The summed E-state index contributed by atoms with van der Waals surface area (Å²) in [5.74, 6) is 0. The molecule has 0 aliphatic heterocycles. The summed E-state index contributed by atoms with van der Waals surface area (Å²) in [7, 11) is 0. The molecule has 0 fully saturated rings. The molecule has 0 saturated heterocycles. The first-order chi connectivity index (χ1) is 7.17. The maximum Gasteiger partial charge on any atom is 0.0584 e. The van der Waals surface area contributed by atoms with Gasteiger partial charge >= 0.3 is 0 Å². The molecule has 1 aromatic carbocycles. The van der Waals surface area contributed by atoms with E-state index in [-0.39, 0.29) is 12.6 Å². The number of nitrogens with one attached hydrogen (secondary N) is 1. The molecule has 0 aliphatic carbocycles. The van der Waals surface area contributed by atoms with E-state index in [9.17, 15) is 0 Å². The number of benzene rings is 1. The van der Waals surface area contributed by atoms with Crippen LogP contribution in [0.1, 0.15) is 24.5 Å². The minimum atomic E-state index is 0.200. The van der Waals surface area contributed by atoms with Crippen LogP contribution in [-0.2, 0) is 6.54 Å². The minimum Gasteiger partial charge on any atom is -0.395 e. The van der Waals surface area contributed by atoms with Gasteiger partial charge in [-0.1, -0.05) is 35.0 Å². The summed E-state index contributed by atoms with van der Waals surface area (Å²) < 4.78 is 1.14. The molecule has 0 aliphatic rings. The van der Waals surface area contributed by atoms with E-state index in [1.54, 1.807) is 0 Å². The number of halogens is 1. The zero-order valence-electron chi connectivity index (χ0n) is 9.26. The van der Waals surface area contributed by atoms with Crippen molar-refractivity contribution in [3.05, 3.63) is 33.8 Å². The van der Waals surface area contributed by atoms with Crippen molar-refractivity contribution in [2.75, 3.05) is 6.61 Å². The molecule has 1 aromatic rings. The summed E-state index contributed by atoms with van der Waals surface area (Å²) in [6.45, 7) is 5.16. The lowest BCUT2D eigenvalue weighted by Crippen LogP contribution is -2.31. The van der Waals surface area contributed by atoms with Gasteiger partial charge in [-0.05, 0) is 30.5 Å². The maximum atomic E-state index is 9.03. The summed E-state index contributed by atoms with van der Waals surface area (Å²) >= 11 is 3.48. The van der Waals surface area contributed by atoms with Crippen molar-refractivity contribution in [1.29, 1.82) is 0 Å². The van der Waals surface area contributed by atoms with Crippen LogP contribution in [0.15, 0.2) is 22.7 Å². The van der Waals surface area contributed by atoms with Gasteiger partial charge < -0.3 is 10.4 Å². The fraction of sp³-hybridized carbons (Fsp3) is 0.500. The molecule has 0 heterocycles. The molecule has 0 aromatic heterocycles. The lowest BCUT2D eigenvalue weighted by Gasteiger charge is -2.14. The van der Waals surface area contributed by atoms with Crippen LogP contribution in [0.3, 0.4) is 0 Å². The molecule has 0 spiro atoms. The van der Waals surface area contributed by atoms with Gasteiger partial charge in [-0.15, -0.1) is 0 Å². The standard InChI is InChI=1S/C12H18BrNO/c1-3-11(8-15)14-7-10-4-5-12(13)9(2)6-10/h4-6,11,14-15H,3,7-8H2,1-2H3. The van der Waals surface area contributed by atoms with Gasteiger partial charge in [0.2, 0.25) is 0 Å². The van der Waals surface area contributed by atoms with Crippen molar-refractivity contribution in [2.24, 2.45) is 0 Å². The number of aliphatic hydroxyl groups excluding tert-OH is 1. The molecule has 0 bridgehead atoms. The summed E-state index contributed by atoms with van der Waals surface area (Å²) in [4.78, 5) is 0. The Hall–Kier alpha value is -0.380. The first-order valence-corrected chi connectivity index (χ1v) is 6.06. The fourth-order valence-corrected chi connectivity index (χ4v) is 1.66. The molecular weight excluding hydrogens is 254 g/mol. The van der Waals surface area contributed by atoms with Crippen LogP contribution in [0.2, 0.25) is 0 Å². The van der Waals surface area contributed by atoms with Gasteiger partial charge in [-0.25, -0.2) is 0 Å². The largest absolute Gasteiger partial charge is 0.395 e. The lowest BCUT2D eigenvalue weighted by atomic mass is 10.1. The van der Waals surface area contributed by atoms with Gasteiger partial charge in [-0.3, -0.25) is 0 Å². The number of hydrogen-bond donors (Lipinski definition) is 2. The van der Waals surface area contributed by atoms with E-state index in [2.05, 4.69) is 53.3 Å². The topological polar surface area (TPSA) is 32.3 Å². The predicted octanol–water partition coefficient (Wildman–Crippen LogP) is 2.62. The van der Waals surface area contributed by atoms with E-state index in [0.717, 1.165) is 17.4 Å². The monoisotopic (exact) mass is 271 g/mol. The first kappa shape index (κ1) is 12.7. The molecule has 0 radical (unpaired) electrons. The third-order valence-corrected chi connectivity index (χ3v) is 3.42. The van der Waals surface area contributed by atoms with Gasteiger partial charge in [0.25, 0.3) is 0 Å². The smallest absolute Gasteiger partial charge is 0.0584 e. The quantitative estimate of drug-likeness (QED) is 0.863. The summed E-state index contributed by atoms with van der Waals surface area (Å²) in [5.41, 5.74) is 2.49. The van der Waals surface area contributed by atoms with Crippen LogP contribution >= 0.6 is 15.9 Å². The van der Waals surface area contributed by atoms with Crippen molar-refractivity contribution in [2.45, 2.75) is 32.9 Å². The van der Waals surface area contributed by atoms with E-state index in [4.69, 9.17) is 5.11 Å². The molecule has 0 saturated carbocycles. The predicted molar refractivity (Wildman–Crippen MR) is 66.9 cm³/mol. The van der Waals surface area contributed by atoms with Crippen molar-refractivity contribution in [3.8, 4) is 0 Å². The van der Waals surface area contributed by atoms with E-state index in [1.807, 2.05) is 0 Å². The van der Waals surface area contributed by atoms with Gasteiger partial charge in [0.15, 0.2) is 0 Å². The normalized spacial score (nSPS) is 12.8. The second kappa shape index (κ2) is 6.26. The Labute approximate surface area is 99.8 Å². The lowest BCUT2D eigenvalue weighted by molar-refractivity contribution is 0.238. The maximum absolute atomic E-state index is 9.03. The Morgan fingerprint density at radius 3 is 2.73 bits per heavy atom.